The van der Waals surface area contributed by atoms with Gasteiger partial charge in [-0.3, -0.25) is 4.79 Å². The fourth-order valence-electron chi connectivity index (χ4n) is 3.05. The van der Waals surface area contributed by atoms with E-state index < -0.39 is 15.9 Å². The van der Waals surface area contributed by atoms with Crippen LogP contribution in [0.4, 0.5) is 11.4 Å². The van der Waals surface area contributed by atoms with Crippen molar-refractivity contribution in [1.82, 2.24) is 9.29 Å². The first-order chi connectivity index (χ1) is 14.3. The quantitative estimate of drug-likeness (QED) is 0.698. The molecule has 9 heteroatoms. The Morgan fingerprint density at radius 1 is 1.17 bits per heavy atom. The molecule has 1 amide bonds. The number of aryl methyl sites for hydroxylation is 1. The van der Waals surface area contributed by atoms with Crippen molar-refractivity contribution < 1.29 is 17.9 Å². The molecular weight excluding hydrogens is 404 g/mol. The van der Waals surface area contributed by atoms with Gasteiger partial charge in [0.25, 0.3) is 5.91 Å². The maximum Gasteiger partial charge on any atom is 0.274 e. The molecule has 1 aromatic carbocycles. The van der Waals surface area contributed by atoms with Gasteiger partial charge < -0.3 is 15.4 Å². The van der Waals surface area contributed by atoms with Gasteiger partial charge >= 0.3 is 0 Å². The van der Waals surface area contributed by atoms with Gasteiger partial charge in [0.05, 0.1) is 29.5 Å². The second-order valence-electron chi connectivity index (χ2n) is 7.62. The molecule has 1 aliphatic heterocycles. The number of rotatable bonds is 7. The van der Waals surface area contributed by atoms with E-state index in [9.17, 15) is 13.2 Å². The van der Waals surface area contributed by atoms with Crippen LogP contribution in [0.15, 0.2) is 41.3 Å². The first kappa shape index (κ1) is 22.2. The Balaban J connectivity index is 1.92. The topological polar surface area (TPSA) is 101 Å². The summed E-state index contributed by atoms with van der Waals surface area (Å²) in [5.41, 5.74) is 2.06. The fourth-order valence-corrected chi connectivity index (χ4v) is 4.48. The van der Waals surface area contributed by atoms with Crippen molar-refractivity contribution >= 4 is 27.3 Å². The van der Waals surface area contributed by atoms with Crippen molar-refractivity contribution in [3.05, 3.63) is 47.8 Å². The first-order valence-electron chi connectivity index (χ1n) is 9.98. The number of aromatic nitrogens is 1. The Morgan fingerprint density at radius 3 is 2.57 bits per heavy atom. The maximum absolute atomic E-state index is 13.0. The number of nitrogens with one attached hydrogen (secondary N) is 2. The summed E-state index contributed by atoms with van der Waals surface area (Å²) in [7, 11) is -3.68. The number of sulfonamides is 1. The van der Waals surface area contributed by atoms with Gasteiger partial charge in [0, 0.05) is 25.3 Å². The Kier molecular flexibility index (Phi) is 7.06. The summed E-state index contributed by atoms with van der Waals surface area (Å²) in [6.07, 6.45) is 0. The molecule has 8 nitrogen and oxygen atoms in total. The number of nitrogens with zero attached hydrogens (tertiary/aromatic N) is 2. The highest BCUT2D eigenvalue weighted by molar-refractivity contribution is 7.89. The van der Waals surface area contributed by atoms with Crippen molar-refractivity contribution in [2.45, 2.75) is 25.7 Å². The zero-order valence-electron chi connectivity index (χ0n) is 17.5. The standard InChI is InChI=1S/C21H28N4O4S/c1-15(2)14-22-18-8-7-17(30(27,28)25-9-11-29-12-10-25)13-20(18)24-21(26)19-6-4-5-16(3)23-19/h4-8,13,15,22H,9-12,14H2,1-3H3,(H,24,26). The van der Waals surface area contributed by atoms with E-state index in [0.717, 1.165) is 5.69 Å². The highest BCUT2D eigenvalue weighted by Crippen LogP contribution is 2.28. The Hall–Kier alpha value is -2.49. The minimum Gasteiger partial charge on any atom is -0.383 e. The zero-order chi connectivity index (χ0) is 21.7. The van der Waals surface area contributed by atoms with Gasteiger partial charge in [-0.05, 0) is 43.2 Å². The SMILES string of the molecule is Cc1cccc(C(=O)Nc2cc(S(=O)(=O)N3CCOCC3)ccc2NCC(C)C)n1. The van der Waals surface area contributed by atoms with Crippen LogP contribution in [0.3, 0.4) is 0 Å². The lowest BCUT2D eigenvalue weighted by Gasteiger charge is -2.26. The van der Waals surface area contributed by atoms with Crippen LogP contribution in [0.2, 0.25) is 0 Å². The van der Waals surface area contributed by atoms with Gasteiger partial charge in [0.2, 0.25) is 10.0 Å². The predicted octanol–water partition coefficient (Wildman–Crippen LogP) is 2.73. The third kappa shape index (κ3) is 5.35. The molecule has 1 fully saturated rings. The lowest BCUT2D eigenvalue weighted by molar-refractivity contribution is 0.0730. The monoisotopic (exact) mass is 432 g/mol. The minimum absolute atomic E-state index is 0.131. The van der Waals surface area contributed by atoms with Gasteiger partial charge in [-0.15, -0.1) is 0 Å². The van der Waals surface area contributed by atoms with Crippen LogP contribution >= 0.6 is 0 Å². The number of hydrogen-bond acceptors (Lipinski definition) is 6. The van der Waals surface area contributed by atoms with Gasteiger partial charge in [-0.2, -0.15) is 4.31 Å². The van der Waals surface area contributed by atoms with E-state index in [2.05, 4.69) is 29.5 Å². The second kappa shape index (κ2) is 9.55. The highest BCUT2D eigenvalue weighted by atomic mass is 32.2. The smallest absolute Gasteiger partial charge is 0.274 e. The van der Waals surface area contributed by atoms with Crippen LogP contribution < -0.4 is 10.6 Å². The summed E-state index contributed by atoms with van der Waals surface area (Å²) in [6.45, 7) is 7.99. The van der Waals surface area contributed by atoms with Crippen LogP contribution in [0.25, 0.3) is 0 Å². The summed E-state index contributed by atoms with van der Waals surface area (Å²) < 4.78 is 32.7. The summed E-state index contributed by atoms with van der Waals surface area (Å²) in [5.74, 6) is -0.0176. The van der Waals surface area contributed by atoms with Crippen molar-refractivity contribution in [1.29, 1.82) is 0 Å². The number of benzene rings is 1. The number of ether oxygens (including phenoxy) is 1. The van der Waals surface area contributed by atoms with Crippen LogP contribution in [0.1, 0.15) is 30.0 Å². The van der Waals surface area contributed by atoms with E-state index >= 15 is 0 Å². The van der Waals surface area contributed by atoms with Gasteiger partial charge in [0.15, 0.2) is 0 Å². The minimum atomic E-state index is -3.68. The molecule has 30 heavy (non-hydrogen) atoms. The molecule has 2 heterocycles. The van der Waals surface area contributed by atoms with E-state index in [4.69, 9.17) is 4.74 Å². The normalized spacial score (nSPS) is 15.2. The molecule has 1 saturated heterocycles. The highest BCUT2D eigenvalue weighted by Gasteiger charge is 2.27. The van der Waals surface area contributed by atoms with Crippen LogP contribution in [0, 0.1) is 12.8 Å². The molecule has 0 atom stereocenters. The average molecular weight is 433 g/mol. The molecule has 0 bridgehead atoms. The van der Waals surface area contributed by atoms with Gasteiger partial charge in [-0.1, -0.05) is 19.9 Å². The number of amides is 1. The molecule has 2 N–H and O–H groups in total. The number of hydrogen-bond donors (Lipinski definition) is 2. The van der Waals surface area contributed by atoms with Crippen molar-refractivity contribution in [3.8, 4) is 0 Å². The Morgan fingerprint density at radius 2 is 1.90 bits per heavy atom. The fraction of sp³-hybridized carbons (Fsp3) is 0.429. The molecule has 1 aromatic heterocycles. The number of carbonyl (C=O) groups excluding carboxylic acids is 1. The van der Waals surface area contributed by atoms with Crippen LogP contribution in [-0.2, 0) is 14.8 Å². The summed E-state index contributed by atoms with van der Waals surface area (Å²) in [4.78, 5) is 17.1. The lowest BCUT2D eigenvalue weighted by Crippen LogP contribution is -2.40. The molecule has 1 aliphatic rings. The lowest BCUT2D eigenvalue weighted by atomic mass is 10.2. The summed E-state index contributed by atoms with van der Waals surface area (Å²) in [5, 5.41) is 6.10. The third-order valence-electron chi connectivity index (χ3n) is 4.67. The molecule has 2 aromatic rings. The summed E-state index contributed by atoms with van der Waals surface area (Å²) in [6, 6.07) is 9.94. The molecule has 0 aliphatic carbocycles. The maximum atomic E-state index is 13.0. The number of carbonyl (C=O) groups is 1. The van der Waals surface area contributed by atoms with E-state index in [1.807, 2.05) is 13.0 Å². The molecular formula is C21H28N4O4S. The van der Waals surface area contributed by atoms with Crippen LogP contribution in [-0.4, -0.2) is 56.5 Å². The van der Waals surface area contributed by atoms with E-state index in [-0.39, 0.29) is 10.6 Å². The molecule has 0 saturated carbocycles. The Labute approximate surface area is 177 Å². The first-order valence-corrected chi connectivity index (χ1v) is 11.4. The third-order valence-corrected chi connectivity index (χ3v) is 6.56. The second-order valence-corrected chi connectivity index (χ2v) is 9.55. The largest absolute Gasteiger partial charge is 0.383 e. The van der Waals surface area contributed by atoms with Crippen molar-refractivity contribution in [2.75, 3.05) is 43.5 Å². The molecule has 3 rings (SSSR count). The van der Waals surface area contributed by atoms with E-state index in [1.165, 1.54) is 10.4 Å². The Bertz CT molecular complexity index is 1000. The molecule has 0 spiro atoms. The number of morpholine rings is 1. The number of anilines is 2. The molecule has 0 unspecified atom stereocenters. The zero-order valence-corrected chi connectivity index (χ0v) is 18.3. The average Bonchev–Trinajstić information content (AvgIpc) is 2.73. The van der Waals surface area contributed by atoms with E-state index in [1.54, 1.807) is 24.3 Å². The van der Waals surface area contributed by atoms with Crippen molar-refractivity contribution in [3.63, 3.8) is 0 Å². The van der Waals surface area contributed by atoms with Gasteiger partial charge in [-0.25, -0.2) is 13.4 Å². The van der Waals surface area contributed by atoms with Gasteiger partial charge in [0.1, 0.15) is 5.69 Å². The predicted molar refractivity (Wildman–Crippen MR) is 116 cm³/mol. The molecule has 162 valence electrons. The van der Waals surface area contributed by atoms with Crippen LogP contribution in [0.5, 0.6) is 0 Å². The molecule has 0 radical (unpaired) electrons. The van der Waals surface area contributed by atoms with E-state index in [0.29, 0.717) is 50.1 Å². The number of pyridine rings is 1. The summed E-state index contributed by atoms with van der Waals surface area (Å²) >= 11 is 0. The van der Waals surface area contributed by atoms with Crippen molar-refractivity contribution in [2.24, 2.45) is 5.92 Å².